The third-order valence-corrected chi connectivity index (χ3v) is 11.3. The minimum absolute atomic E-state index is 0.0126. The summed E-state index contributed by atoms with van der Waals surface area (Å²) in [5.74, 6) is -2.39. The van der Waals surface area contributed by atoms with Gasteiger partial charge in [0.05, 0.1) is 11.7 Å². The molecule has 6 rings (SSSR count). The van der Waals surface area contributed by atoms with Gasteiger partial charge in [0.25, 0.3) is 5.91 Å². The molecule has 53 heavy (non-hydrogen) atoms. The quantitative estimate of drug-likeness (QED) is 0.252. The maximum absolute atomic E-state index is 15.8. The number of rotatable bonds is 13. The molecule has 14 heteroatoms. The summed E-state index contributed by atoms with van der Waals surface area (Å²) in [5, 5.41) is 14.4. The molecule has 286 valence electrons. The molecule has 3 amide bonds. The van der Waals surface area contributed by atoms with E-state index in [1.54, 1.807) is 44.9 Å². The van der Waals surface area contributed by atoms with Gasteiger partial charge in [0.2, 0.25) is 11.8 Å². The van der Waals surface area contributed by atoms with E-state index in [4.69, 9.17) is 0 Å². The number of likely N-dealkylation sites (tertiary alicyclic amines) is 1. The average Bonchev–Trinajstić information content (AvgIpc) is 3.86. The lowest BCUT2D eigenvalue weighted by Gasteiger charge is -2.35. The van der Waals surface area contributed by atoms with Crippen molar-refractivity contribution in [2.75, 3.05) is 58.7 Å². The third kappa shape index (κ3) is 9.39. The lowest BCUT2D eigenvalue weighted by molar-refractivity contribution is -0.134. The van der Waals surface area contributed by atoms with Crippen LogP contribution in [0.3, 0.4) is 0 Å². The number of aromatic nitrogens is 4. The highest BCUT2D eigenvalue weighted by atomic mass is 19.1. The van der Waals surface area contributed by atoms with Crippen molar-refractivity contribution in [1.82, 2.24) is 39.6 Å². The van der Waals surface area contributed by atoms with Crippen molar-refractivity contribution in [3.8, 4) is 0 Å². The highest BCUT2D eigenvalue weighted by Gasteiger charge is 2.34. The molecule has 3 aromatic rings. The standard InChI is InChI=1S/C39H54FN9O4/c1-4-48-34(12-16-41-48)36(50)26-30(28-8-6-5-7-9-28)37(51)43-32-11-10-27(24-31(32)40)25-33(39(53)47-22-20-46(3)21-23-47)44-38(52)35-13-17-42-49(35)29-14-18-45(2)19-15-29/h10-13,16-17,24,28-30,33H,4-9,14-15,18-23,25-26H2,1-3H3,(H,43,51)(H,44,52)/t30-,33+/m0/s1. The van der Waals surface area contributed by atoms with E-state index in [1.807, 2.05) is 14.0 Å². The van der Waals surface area contributed by atoms with Gasteiger partial charge in [-0.05, 0) is 95.5 Å². The van der Waals surface area contributed by atoms with Crippen LogP contribution in [0.15, 0.2) is 42.7 Å². The van der Waals surface area contributed by atoms with Crippen LogP contribution in [0.1, 0.15) is 90.9 Å². The summed E-state index contributed by atoms with van der Waals surface area (Å²) in [6.07, 6.45) is 9.78. The lowest BCUT2D eigenvalue weighted by atomic mass is 9.77. The van der Waals surface area contributed by atoms with Crippen LogP contribution in [-0.4, -0.2) is 117 Å². The number of amides is 3. The zero-order chi connectivity index (χ0) is 37.5. The van der Waals surface area contributed by atoms with E-state index in [-0.39, 0.29) is 48.1 Å². The Kier molecular flexibility index (Phi) is 12.7. The minimum atomic E-state index is -0.940. The number of halogens is 1. The predicted octanol–water partition coefficient (Wildman–Crippen LogP) is 4.03. The first-order valence-electron chi connectivity index (χ1n) is 19.3. The Balaban J connectivity index is 1.17. The first kappa shape index (κ1) is 38.3. The minimum Gasteiger partial charge on any atom is -0.339 e. The Morgan fingerprint density at radius 2 is 1.53 bits per heavy atom. The largest absolute Gasteiger partial charge is 0.339 e. The first-order valence-corrected chi connectivity index (χ1v) is 19.3. The molecule has 2 aromatic heterocycles. The summed E-state index contributed by atoms with van der Waals surface area (Å²) in [6, 6.07) is 6.99. The fraction of sp³-hybridized carbons (Fsp3) is 0.590. The SMILES string of the molecule is CCn1nccc1C(=O)C[C@H](C(=O)Nc1ccc(C[C@@H](NC(=O)c2ccnn2C2CCN(C)CC2)C(=O)N2CCN(C)CC2)cc1F)C1CCCCC1. The molecular weight excluding hydrogens is 677 g/mol. The molecule has 0 unspecified atom stereocenters. The van der Waals surface area contributed by atoms with Crippen LogP contribution >= 0.6 is 0 Å². The number of ketones is 1. The zero-order valence-electron chi connectivity index (χ0n) is 31.3. The Labute approximate surface area is 311 Å². The van der Waals surface area contributed by atoms with Gasteiger partial charge in [-0.1, -0.05) is 25.3 Å². The van der Waals surface area contributed by atoms with Crippen LogP contribution in [0, 0.1) is 17.7 Å². The second-order valence-corrected chi connectivity index (χ2v) is 15.0. The number of Topliss-reactive ketones (excluding diaryl/α,β-unsaturated/α-hetero) is 1. The van der Waals surface area contributed by atoms with Crippen molar-refractivity contribution in [3.05, 3.63) is 65.5 Å². The normalized spacial score (nSPS) is 19.1. The van der Waals surface area contributed by atoms with Gasteiger partial charge in [-0.25, -0.2) is 4.39 Å². The van der Waals surface area contributed by atoms with Crippen molar-refractivity contribution in [2.45, 2.75) is 83.3 Å². The van der Waals surface area contributed by atoms with E-state index >= 15 is 4.39 Å². The van der Waals surface area contributed by atoms with Crippen molar-refractivity contribution >= 4 is 29.2 Å². The van der Waals surface area contributed by atoms with Gasteiger partial charge in [0.15, 0.2) is 5.78 Å². The van der Waals surface area contributed by atoms with Crippen LogP contribution in [0.2, 0.25) is 0 Å². The first-order chi connectivity index (χ1) is 25.6. The van der Waals surface area contributed by atoms with E-state index < -0.39 is 23.7 Å². The maximum Gasteiger partial charge on any atom is 0.270 e. The number of aryl methyl sites for hydroxylation is 1. The van der Waals surface area contributed by atoms with Crippen molar-refractivity contribution < 1.29 is 23.6 Å². The number of likely N-dealkylation sites (N-methyl/N-ethyl adjacent to an activating group) is 1. The fourth-order valence-corrected chi connectivity index (χ4v) is 8.09. The van der Waals surface area contributed by atoms with Crippen molar-refractivity contribution in [3.63, 3.8) is 0 Å². The van der Waals surface area contributed by atoms with E-state index in [0.29, 0.717) is 49.7 Å². The summed E-state index contributed by atoms with van der Waals surface area (Å²) >= 11 is 0. The third-order valence-electron chi connectivity index (χ3n) is 11.3. The number of hydrogen-bond acceptors (Lipinski definition) is 8. The second-order valence-electron chi connectivity index (χ2n) is 15.0. The van der Waals surface area contributed by atoms with Crippen LogP contribution in [-0.2, 0) is 22.6 Å². The van der Waals surface area contributed by atoms with Crippen LogP contribution in [0.25, 0.3) is 0 Å². The van der Waals surface area contributed by atoms with Crippen molar-refractivity contribution in [1.29, 1.82) is 0 Å². The second kappa shape index (κ2) is 17.6. The van der Waals surface area contributed by atoms with E-state index in [9.17, 15) is 19.2 Å². The van der Waals surface area contributed by atoms with E-state index in [2.05, 4.69) is 37.7 Å². The maximum atomic E-state index is 15.8. The van der Waals surface area contributed by atoms with Crippen LogP contribution in [0.4, 0.5) is 10.1 Å². The topological polar surface area (TPSA) is 138 Å². The van der Waals surface area contributed by atoms with E-state index in [1.165, 1.54) is 12.1 Å². The number of nitrogens with zero attached hydrogens (tertiary/aromatic N) is 7. The lowest BCUT2D eigenvalue weighted by Crippen LogP contribution is -2.55. The molecule has 1 aromatic carbocycles. The van der Waals surface area contributed by atoms with E-state index in [0.717, 1.165) is 58.0 Å². The number of piperazine rings is 1. The van der Waals surface area contributed by atoms with Gasteiger partial charge in [0, 0.05) is 63.9 Å². The van der Waals surface area contributed by atoms with Crippen molar-refractivity contribution in [2.24, 2.45) is 11.8 Å². The van der Waals surface area contributed by atoms with Gasteiger partial charge in [-0.3, -0.25) is 28.5 Å². The highest BCUT2D eigenvalue weighted by molar-refractivity contribution is 6.00. The molecule has 3 fully saturated rings. The average molecular weight is 732 g/mol. The number of carbonyl (C=O) groups is 4. The van der Waals surface area contributed by atoms with Gasteiger partial charge >= 0.3 is 0 Å². The zero-order valence-corrected chi connectivity index (χ0v) is 31.3. The number of benzene rings is 1. The molecule has 2 atom stereocenters. The number of piperidine rings is 1. The Morgan fingerprint density at radius 1 is 0.849 bits per heavy atom. The molecule has 0 spiro atoms. The number of nitrogens with one attached hydrogen (secondary N) is 2. The molecule has 4 heterocycles. The predicted molar refractivity (Wildman–Crippen MR) is 199 cm³/mol. The molecular formula is C39H54FN9O4. The number of anilines is 1. The summed E-state index contributed by atoms with van der Waals surface area (Å²) in [6.45, 7) is 6.75. The molecule has 13 nitrogen and oxygen atoms in total. The smallest absolute Gasteiger partial charge is 0.270 e. The number of hydrogen-bond donors (Lipinski definition) is 2. The fourth-order valence-electron chi connectivity index (χ4n) is 8.09. The monoisotopic (exact) mass is 731 g/mol. The molecule has 3 aliphatic rings. The Hall–Kier alpha value is -4.43. The molecule has 2 aliphatic heterocycles. The molecule has 1 aliphatic carbocycles. The molecule has 1 saturated carbocycles. The summed E-state index contributed by atoms with van der Waals surface area (Å²) in [5.41, 5.74) is 1.38. The Bertz CT molecular complexity index is 1740. The van der Waals surface area contributed by atoms with Gasteiger partial charge in [-0.15, -0.1) is 0 Å². The van der Waals surface area contributed by atoms with Crippen LogP contribution < -0.4 is 10.6 Å². The van der Waals surface area contributed by atoms with Gasteiger partial charge < -0.3 is 25.3 Å². The molecule has 2 N–H and O–H groups in total. The van der Waals surface area contributed by atoms with Gasteiger partial charge in [-0.2, -0.15) is 10.2 Å². The summed E-state index contributed by atoms with van der Waals surface area (Å²) in [7, 11) is 4.08. The summed E-state index contributed by atoms with van der Waals surface area (Å²) < 4.78 is 19.2. The molecule has 0 bridgehead atoms. The van der Waals surface area contributed by atoms with Gasteiger partial charge in [0.1, 0.15) is 23.2 Å². The molecule has 2 saturated heterocycles. The molecule has 0 radical (unpaired) electrons. The van der Waals surface area contributed by atoms with Crippen LogP contribution in [0.5, 0.6) is 0 Å². The summed E-state index contributed by atoms with van der Waals surface area (Å²) in [4.78, 5) is 61.1. The Morgan fingerprint density at radius 3 is 2.23 bits per heavy atom. The number of carbonyl (C=O) groups excluding carboxylic acids is 4. The highest BCUT2D eigenvalue weighted by Crippen LogP contribution is 2.34.